The number of nitrogens with one attached hydrogen (secondary N) is 1. The van der Waals surface area contributed by atoms with Crippen LogP contribution in [0.5, 0.6) is 0 Å². The van der Waals surface area contributed by atoms with Gasteiger partial charge in [-0.05, 0) is 18.4 Å². The van der Waals surface area contributed by atoms with Crippen molar-refractivity contribution in [2.75, 3.05) is 0 Å². The maximum Gasteiger partial charge on any atom is 0.333 e. The monoisotopic (exact) mass is 421 g/mol. The molecule has 3 aromatic heterocycles. The van der Waals surface area contributed by atoms with Gasteiger partial charge in [-0.25, -0.2) is 14.8 Å². The van der Waals surface area contributed by atoms with Crippen molar-refractivity contribution in [2.45, 2.75) is 26.6 Å². The third kappa shape index (κ3) is 3.79. The first-order valence-corrected chi connectivity index (χ1v) is 10.3. The van der Waals surface area contributed by atoms with Gasteiger partial charge in [-0.3, -0.25) is 18.7 Å². The molecule has 4 aromatic rings. The molecular formula is C21H19N5O3S. The Morgan fingerprint density at radius 1 is 1.10 bits per heavy atom. The van der Waals surface area contributed by atoms with Crippen molar-refractivity contribution >= 4 is 28.3 Å². The molecule has 4 rings (SSSR count). The minimum absolute atomic E-state index is 0.196. The molecule has 0 aliphatic rings. The fraction of sp³-hybridized carbons (Fsp3) is 0.190. The molecule has 0 saturated carbocycles. The molecule has 0 spiro atoms. The highest BCUT2D eigenvalue weighted by molar-refractivity contribution is 7.09. The van der Waals surface area contributed by atoms with Crippen molar-refractivity contribution in [1.29, 1.82) is 0 Å². The number of amides is 1. The molecule has 0 aliphatic carbocycles. The van der Waals surface area contributed by atoms with E-state index < -0.39 is 17.2 Å². The van der Waals surface area contributed by atoms with Crippen molar-refractivity contribution in [3.63, 3.8) is 0 Å². The lowest BCUT2D eigenvalue weighted by atomic mass is 10.2. The average molecular weight is 421 g/mol. The lowest BCUT2D eigenvalue weighted by Gasteiger charge is -2.12. The van der Waals surface area contributed by atoms with Crippen molar-refractivity contribution < 1.29 is 4.79 Å². The lowest BCUT2D eigenvalue weighted by molar-refractivity contribution is -0.121. The van der Waals surface area contributed by atoms with Gasteiger partial charge in [0.2, 0.25) is 5.91 Å². The second kappa shape index (κ2) is 8.42. The first-order valence-electron chi connectivity index (χ1n) is 9.43. The summed E-state index contributed by atoms with van der Waals surface area (Å²) in [5, 5.41) is 4.85. The number of rotatable bonds is 6. The number of carbonyl (C=O) groups excluding carboxylic acids is 1. The van der Waals surface area contributed by atoms with Gasteiger partial charge in [0.1, 0.15) is 11.9 Å². The molecule has 3 heterocycles. The molecule has 0 aliphatic heterocycles. The van der Waals surface area contributed by atoms with E-state index in [1.54, 1.807) is 6.92 Å². The molecule has 8 nitrogen and oxygen atoms in total. The number of hydrogen-bond acceptors (Lipinski definition) is 6. The summed E-state index contributed by atoms with van der Waals surface area (Å²) < 4.78 is 2.32. The minimum Gasteiger partial charge on any atom is -0.350 e. The van der Waals surface area contributed by atoms with Gasteiger partial charge in [-0.15, -0.1) is 11.3 Å². The van der Waals surface area contributed by atoms with E-state index >= 15 is 0 Å². The van der Waals surface area contributed by atoms with E-state index in [2.05, 4.69) is 15.3 Å². The van der Waals surface area contributed by atoms with Crippen LogP contribution in [0.15, 0.2) is 63.6 Å². The zero-order valence-corrected chi connectivity index (χ0v) is 17.1. The summed E-state index contributed by atoms with van der Waals surface area (Å²) in [5.41, 5.74) is -0.104. The number of carbonyl (C=O) groups is 1. The molecule has 0 bridgehead atoms. The maximum absolute atomic E-state index is 12.9. The Kier molecular flexibility index (Phi) is 5.53. The standard InChI is InChI=1S/C21H19N5O3S/c1-2-25-19-16(12-23-18(24-19)14-7-4-3-5-8-14)20(28)26(21(25)29)13-17(27)22-11-15-9-6-10-30-15/h3-10,12H,2,11,13H2,1H3,(H,22,27). The molecule has 1 aromatic carbocycles. The Morgan fingerprint density at radius 3 is 2.60 bits per heavy atom. The lowest BCUT2D eigenvalue weighted by Crippen LogP contribution is -2.44. The van der Waals surface area contributed by atoms with E-state index in [1.165, 1.54) is 22.1 Å². The SMILES string of the molecule is CCn1c(=O)n(CC(=O)NCc2cccs2)c(=O)c2cnc(-c3ccccc3)nc21. The van der Waals surface area contributed by atoms with E-state index in [9.17, 15) is 14.4 Å². The van der Waals surface area contributed by atoms with Gasteiger partial charge >= 0.3 is 5.69 Å². The van der Waals surface area contributed by atoms with Gasteiger partial charge in [0, 0.05) is 23.2 Å². The number of hydrogen-bond donors (Lipinski definition) is 1. The topological polar surface area (TPSA) is 98.9 Å². The number of nitrogens with zero attached hydrogens (tertiary/aromatic N) is 4. The summed E-state index contributed by atoms with van der Waals surface area (Å²) in [5.74, 6) is 0.0157. The smallest absolute Gasteiger partial charge is 0.333 e. The van der Waals surface area contributed by atoms with Gasteiger partial charge < -0.3 is 5.32 Å². The second-order valence-electron chi connectivity index (χ2n) is 6.57. The van der Waals surface area contributed by atoms with Crippen LogP contribution in [0.25, 0.3) is 22.4 Å². The summed E-state index contributed by atoms with van der Waals surface area (Å²) in [6.07, 6.45) is 1.42. The van der Waals surface area contributed by atoms with Gasteiger partial charge in [0.15, 0.2) is 11.5 Å². The molecule has 0 fully saturated rings. The van der Waals surface area contributed by atoms with Crippen LogP contribution in [0.2, 0.25) is 0 Å². The molecule has 30 heavy (non-hydrogen) atoms. The zero-order valence-electron chi connectivity index (χ0n) is 16.2. The molecule has 1 N–H and O–H groups in total. The van der Waals surface area contributed by atoms with Crippen LogP contribution >= 0.6 is 11.3 Å². The fourth-order valence-electron chi connectivity index (χ4n) is 3.15. The second-order valence-corrected chi connectivity index (χ2v) is 7.60. The first kappa shape index (κ1) is 19.7. The van der Waals surface area contributed by atoms with Crippen LogP contribution in [0.3, 0.4) is 0 Å². The largest absolute Gasteiger partial charge is 0.350 e. The number of benzene rings is 1. The Hall–Kier alpha value is -3.59. The molecule has 152 valence electrons. The Balaban J connectivity index is 1.72. The van der Waals surface area contributed by atoms with Crippen LogP contribution in [0, 0.1) is 0 Å². The predicted octanol–water partition coefficient (Wildman–Crippen LogP) is 2.02. The third-order valence-corrected chi connectivity index (χ3v) is 5.53. The van der Waals surface area contributed by atoms with E-state index in [0.29, 0.717) is 18.9 Å². The summed E-state index contributed by atoms with van der Waals surface area (Å²) in [6, 6.07) is 13.1. The molecule has 0 saturated heterocycles. The highest BCUT2D eigenvalue weighted by atomic mass is 32.1. The van der Waals surface area contributed by atoms with E-state index in [4.69, 9.17) is 0 Å². The number of aromatic nitrogens is 4. The number of aryl methyl sites for hydroxylation is 1. The van der Waals surface area contributed by atoms with Gasteiger partial charge in [0.25, 0.3) is 5.56 Å². The summed E-state index contributed by atoms with van der Waals surface area (Å²) in [6.45, 7) is 2.08. The van der Waals surface area contributed by atoms with Gasteiger partial charge in [-0.1, -0.05) is 36.4 Å². The molecule has 1 amide bonds. The molecule has 0 unspecified atom stereocenters. The van der Waals surface area contributed by atoms with E-state index in [0.717, 1.165) is 15.0 Å². The molecule has 0 radical (unpaired) electrons. The van der Waals surface area contributed by atoms with Crippen LogP contribution < -0.4 is 16.6 Å². The molecule has 0 atom stereocenters. The van der Waals surface area contributed by atoms with Crippen LogP contribution in [-0.2, 0) is 24.4 Å². The summed E-state index contributed by atoms with van der Waals surface area (Å²) in [7, 11) is 0. The Labute approximate surface area is 175 Å². The maximum atomic E-state index is 12.9. The Bertz CT molecular complexity index is 1310. The highest BCUT2D eigenvalue weighted by Crippen LogP contribution is 2.16. The normalized spacial score (nSPS) is 11.0. The van der Waals surface area contributed by atoms with Crippen LogP contribution in [0.1, 0.15) is 11.8 Å². The molecule has 9 heteroatoms. The third-order valence-electron chi connectivity index (χ3n) is 4.65. The van der Waals surface area contributed by atoms with Gasteiger partial charge in [-0.2, -0.15) is 0 Å². The van der Waals surface area contributed by atoms with Crippen molar-refractivity contribution in [3.8, 4) is 11.4 Å². The zero-order chi connectivity index (χ0) is 21.1. The van der Waals surface area contributed by atoms with Crippen molar-refractivity contribution in [1.82, 2.24) is 24.4 Å². The van der Waals surface area contributed by atoms with E-state index in [-0.39, 0.29) is 17.6 Å². The highest BCUT2D eigenvalue weighted by Gasteiger charge is 2.17. The number of thiophene rings is 1. The van der Waals surface area contributed by atoms with Gasteiger partial charge in [0.05, 0.1) is 6.54 Å². The van der Waals surface area contributed by atoms with E-state index in [1.807, 2.05) is 47.8 Å². The molecular weight excluding hydrogens is 402 g/mol. The average Bonchev–Trinajstić information content (AvgIpc) is 3.30. The summed E-state index contributed by atoms with van der Waals surface area (Å²) in [4.78, 5) is 48.0. The quantitative estimate of drug-likeness (QED) is 0.514. The van der Waals surface area contributed by atoms with Crippen molar-refractivity contribution in [2.24, 2.45) is 0 Å². The van der Waals surface area contributed by atoms with Crippen molar-refractivity contribution in [3.05, 3.63) is 79.8 Å². The summed E-state index contributed by atoms with van der Waals surface area (Å²) >= 11 is 1.52. The first-order chi connectivity index (χ1) is 14.6. The number of fused-ring (bicyclic) bond motifs is 1. The van der Waals surface area contributed by atoms with Crippen LogP contribution in [-0.4, -0.2) is 25.0 Å². The Morgan fingerprint density at radius 2 is 1.90 bits per heavy atom. The fourth-order valence-corrected chi connectivity index (χ4v) is 3.79. The predicted molar refractivity (Wildman–Crippen MR) is 115 cm³/mol. The van der Waals surface area contributed by atoms with Crippen LogP contribution in [0.4, 0.5) is 0 Å². The minimum atomic E-state index is -0.578.